The number of benzene rings is 1. The molecule has 0 radical (unpaired) electrons. The summed E-state index contributed by atoms with van der Waals surface area (Å²) in [4.78, 5) is 4.73. The summed E-state index contributed by atoms with van der Waals surface area (Å²) in [5, 5.41) is 0. The molecule has 1 unspecified atom stereocenters. The highest BCUT2D eigenvalue weighted by atomic mass is 15.3. The number of nitrogens with zero attached hydrogens (tertiary/aromatic N) is 2. The third-order valence-corrected chi connectivity index (χ3v) is 3.70. The Kier molecular flexibility index (Phi) is 3.29. The lowest BCUT2D eigenvalue weighted by molar-refractivity contribution is 0.444. The predicted octanol–water partition coefficient (Wildman–Crippen LogP) is 2.07. The van der Waals surface area contributed by atoms with Crippen LogP contribution in [-0.2, 0) is 0 Å². The van der Waals surface area contributed by atoms with Crippen LogP contribution in [0.25, 0.3) is 0 Å². The first-order chi connectivity index (χ1) is 8.03. The average Bonchev–Trinajstić information content (AvgIpc) is 2.33. The van der Waals surface area contributed by atoms with Gasteiger partial charge < -0.3 is 15.5 Å². The van der Waals surface area contributed by atoms with Crippen molar-refractivity contribution in [2.75, 3.05) is 36.5 Å². The number of anilines is 2. The summed E-state index contributed by atoms with van der Waals surface area (Å²) >= 11 is 0. The van der Waals surface area contributed by atoms with Gasteiger partial charge in [-0.15, -0.1) is 0 Å². The van der Waals surface area contributed by atoms with E-state index in [9.17, 15) is 0 Å². The maximum atomic E-state index is 6.28. The third-order valence-electron chi connectivity index (χ3n) is 3.70. The van der Waals surface area contributed by atoms with E-state index in [1.807, 2.05) is 0 Å². The van der Waals surface area contributed by atoms with Crippen molar-refractivity contribution in [3.05, 3.63) is 24.3 Å². The van der Waals surface area contributed by atoms with Crippen LogP contribution in [0.15, 0.2) is 24.3 Å². The second kappa shape index (κ2) is 4.57. The Morgan fingerprint density at radius 2 is 1.88 bits per heavy atom. The zero-order valence-corrected chi connectivity index (χ0v) is 11.1. The second-order valence-corrected chi connectivity index (χ2v) is 5.34. The van der Waals surface area contributed by atoms with Crippen LogP contribution in [0.4, 0.5) is 11.4 Å². The minimum absolute atomic E-state index is 0.108. The number of para-hydroxylation sites is 2. The molecule has 0 saturated carbocycles. The molecule has 3 heteroatoms. The summed E-state index contributed by atoms with van der Waals surface area (Å²) in [6.07, 6.45) is 1.00. The van der Waals surface area contributed by atoms with E-state index >= 15 is 0 Å². The standard InChI is InChI=1S/C14H23N3/c1-4-14(2,15)11-17-10-9-16(3)12-7-5-6-8-13(12)17/h5-8H,4,9-11,15H2,1-3H3. The molecule has 0 fully saturated rings. The first-order valence-corrected chi connectivity index (χ1v) is 6.37. The van der Waals surface area contributed by atoms with Gasteiger partial charge in [0.15, 0.2) is 0 Å². The Bertz CT molecular complexity index is 387. The van der Waals surface area contributed by atoms with Crippen LogP contribution in [0.3, 0.4) is 0 Å². The monoisotopic (exact) mass is 233 g/mol. The molecule has 2 N–H and O–H groups in total. The molecule has 0 aromatic heterocycles. The smallest absolute Gasteiger partial charge is 0.0605 e. The topological polar surface area (TPSA) is 32.5 Å². The van der Waals surface area contributed by atoms with Crippen LogP contribution in [-0.4, -0.2) is 32.2 Å². The average molecular weight is 233 g/mol. The van der Waals surface area contributed by atoms with Gasteiger partial charge in [0, 0.05) is 32.2 Å². The number of fused-ring (bicyclic) bond motifs is 1. The molecule has 0 saturated heterocycles. The highest BCUT2D eigenvalue weighted by Crippen LogP contribution is 2.32. The van der Waals surface area contributed by atoms with Crippen molar-refractivity contribution < 1.29 is 0 Å². The predicted molar refractivity (Wildman–Crippen MR) is 74.8 cm³/mol. The van der Waals surface area contributed by atoms with E-state index in [0.717, 1.165) is 26.1 Å². The van der Waals surface area contributed by atoms with E-state index in [1.165, 1.54) is 11.4 Å². The summed E-state index contributed by atoms with van der Waals surface area (Å²) < 4.78 is 0. The van der Waals surface area contributed by atoms with Crippen molar-refractivity contribution >= 4 is 11.4 Å². The number of likely N-dealkylation sites (N-methyl/N-ethyl adjacent to an activating group) is 1. The van der Waals surface area contributed by atoms with E-state index in [1.54, 1.807) is 0 Å². The minimum Gasteiger partial charge on any atom is -0.371 e. The van der Waals surface area contributed by atoms with E-state index < -0.39 is 0 Å². The molecule has 0 bridgehead atoms. The Labute approximate surface area is 104 Å². The Morgan fingerprint density at radius 1 is 1.24 bits per heavy atom. The largest absolute Gasteiger partial charge is 0.371 e. The molecule has 1 aromatic carbocycles. The van der Waals surface area contributed by atoms with Gasteiger partial charge in [-0.3, -0.25) is 0 Å². The van der Waals surface area contributed by atoms with Crippen molar-refractivity contribution in [1.29, 1.82) is 0 Å². The van der Waals surface area contributed by atoms with Gasteiger partial charge in [-0.1, -0.05) is 19.1 Å². The van der Waals surface area contributed by atoms with Crippen molar-refractivity contribution in [2.24, 2.45) is 5.73 Å². The van der Waals surface area contributed by atoms with Crippen LogP contribution in [0, 0.1) is 0 Å². The van der Waals surface area contributed by atoms with Crippen LogP contribution in [0.1, 0.15) is 20.3 Å². The van der Waals surface area contributed by atoms with Crippen molar-refractivity contribution in [1.82, 2.24) is 0 Å². The van der Waals surface area contributed by atoms with Crippen LogP contribution in [0.5, 0.6) is 0 Å². The van der Waals surface area contributed by atoms with Crippen LogP contribution in [0.2, 0.25) is 0 Å². The molecule has 1 atom stereocenters. The van der Waals surface area contributed by atoms with Gasteiger partial charge in [0.1, 0.15) is 0 Å². The Balaban J connectivity index is 2.24. The molecular formula is C14H23N3. The quantitative estimate of drug-likeness (QED) is 0.867. The third kappa shape index (κ3) is 2.55. The summed E-state index contributed by atoms with van der Waals surface area (Å²) in [7, 11) is 2.15. The zero-order valence-electron chi connectivity index (χ0n) is 11.1. The molecule has 1 heterocycles. The van der Waals surface area contributed by atoms with E-state index in [4.69, 9.17) is 5.73 Å². The summed E-state index contributed by atoms with van der Waals surface area (Å²) in [5.74, 6) is 0. The number of rotatable bonds is 3. The van der Waals surface area contributed by atoms with Crippen LogP contribution < -0.4 is 15.5 Å². The fourth-order valence-electron chi connectivity index (χ4n) is 2.28. The molecule has 2 rings (SSSR count). The molecule has 17 heavy (non-hydrogen) atoms. The lowest BCUT2D eigenvalue weighted by Crippen LogP contribution is -2.51. The molecule has 1 aliphatic rings. The highest BCUT2D eigenvalue weighted by molar-refractivity contribution is 5.73. The molecule has 0 amide bonds. The number of hydrogen-bond donors (Lipinski definition) is 1. The highest BCUT2D eigenvalue weighted by Gasteiger charge is 2.25. The first-order valence-electron chi connectivity index (χ1n) is 6.37. The molecule has 3 nitrogen and oxygen atoms in total. The summed E-state index contributed by atoms with van der Waals surface area (Å²) in [6.45, 7) is 7.33. The van der Waals surface area contributed by atoms with Gasteiger partial charge in [-0.25, -0.2) is 0 Å². The summed E-state index contributed by atoms with van der Waals surface area (Å²) in [5.41, 5.74) is 8.80. The normalized spacial score (nSPS) is 18.8. The van der Waals surface area contributed by atoms with Gasteiger partial charge in [0.2, 0.25) is 0 Å². The zero-order chi connectivity index (χ0) is 12.5. The summed E-state index contributed by atoms with van der Waals surface area (Å²) in [6, 6.07) is 8.57. The Hall–Kier alpha value is -1.22. The van der Waals surface area contributed by atoms with Gasteiger partial charge in [-0.05, 0) is 25.5 Å². The fraction of sp³-hybridized carbons (Fsp3) is 0.571. The van der Waals surface area contributed by atoms with Gasteiger partial charge >= 0.3 is 0 Å². The first kappa shape index (κ1) is 12.2. The van der Waals surface area contributed by atoms with Crippen molar-refractivity contribution in [3.8, 4) is 0 Å². The SMILES string of the molecule is CCC(C)(N)CN1CCN(C)c2ccccc21. The lowest BCUT2D eigenvalue weighted by Gasteiger charge is -2.40. The molecule has 94 valence electrons. The van der Waals surface area contributed by atoms with Crippen LogP contribution >= 0.6 is 0 Å². The van der Waals surface area contributed by atoms with E-state index in [-0.39, 0.29) is 5.54 Å². The lowest BCUT2D eigenvalue weighted by atomic mass is 9.98. The van der Waals surface area contributed by atoms with Crippen molar-refractivity contribution in [2.45, 2.75) is 25.8 Å². The number of nitrogens with two attached hydrogens (primary N) is 1. The van der Waals surface area contributed by atoms with E-state index in [0.29, 0.717) is 0 Å². The second-order valence-electron chi connectivity index (χ2n) is 5.34. The maximum Gasteiger partial charge on any atom is 0.0605 e. The van der Waals surface area contributed by atoms with Crippen molar-refractivity contribution in [3.63, 3.8) is 0 Å². The molecular weight excluding hydrogens is 210 g/mol. The number of hydrogen-bond acceptors (Lipinski definition) is 3. The molecule has 0 spiro atoms. The molecule has 1 aromatic rings. The Morgan fingerprint density at radius 3 is 2.53 bits per heavy atom. The van der Waals surface area contributed by atoms with E-state index in [2.05, 4.69) is 55.0 Å². The maximum absolute atomic E-state index is 6.28. The molecule has 1 aliphatic heterocycles. The fourth-order valence-corrected chi connectivity index (χ4v) is 2.28. The molecule has 0 aliphatic carbocycles. The van der Waals surface area contributed by atoms with Gasteiger partial charge in [-0.2, -0.15) is 0 Å². The van der Waals surface area contributed by atoms with Gasteiger partial charge in [0.05, 0.1) is 11.4 Å². The van der Waals surface area contributed by atoms with Gasteiger partial charge in [0.25, 0.3) is 0 Å². The minimum atomic E-state index is -0.108.